The van der Waals surface area contributed by atoms with Crippen LogP contribution < -0.4 is 0 Å². The van der Waals surface area contributed by atoms with Crippen molar-refractivity contribution in [2.75, 3.05) is 6.61 Å². The van der Waals surface area contributed by atoms with Gasteiger partial charge in [-0.2, -0.15) is 0 Å². The molecular weight excluding hydrogens is 412 g/mol. The topological polar surface area (TPSA) is 118 Å². The second kappa shape index (κ2) is 7.94. The molecule has 0 aromatic rings. The van der Waals surface area contributed by atoms with Gasteiger partial charge in [0.25, 0.3) is 0 Å². The van der Waals surface area contributed by atoms with Crippen molar-refractivity contribution in [3.63, 3.8) is 0 Å². The molecule has 6 unspecified atom stereocenters. The van der Waals surface area contributed by atoms with Crippen LogP contribution in [-0.2, 0) is 23.9 Å². The number of ketones is 2. The van der Waals surface area contributed by atoms with Crippen LogP contribution in [-0.4, -0.2) is 45.9 Å². The van der Waals surface area contributed by atoms with Crippen molar-refractivity contribution >= 4 is 23.5 Å². The van der Waals surface area contributed by atoms with Crippen molar-refractivity contribution in [2.45, 2.75) is 70.8 Å². The van der Waals surface area contributed by atoms with Gasteiger partial charge in [-0.05, 0) is 68.4 Å². The fraction of sp³-hybridized carbons (Fsp3) is 0.680. The Morgan fingerprint density at radius 3 is 2.56 bits per heavy atom. The lowest BCUT2D eigenvalue weighted by Crippen LogP contribution is -2.57. The summed E-state index contributed by atoms with van der Waals surface area (Å²) in [5.74, 6) is -1.46. The highest BCUT2D eigenvalue weighted by molar-refractivity contribution is 6.01. The number of carboxylic acid groups (broad SMARTS) is 1. The summed E-state index contributed by atoms with van der Waals surface area (Å²) in [4.78, 5) is 47.6. The van der Waals surface area contributed by atoms with Gasteiger partial charge in [0.05, 0.1) is 6.42 Å². The van der Waals surface area contributed by atoms with Crippen molar-refractivity contribution in [3.8, 4) is 0 Å². The van der Waals surface area contributed by atoms with Crippen LogP contribution >= 0.6 is 0 Å². The Bertz CT molecular complexity index is 917. The molecule has 0 bridgehead atoms. The van der Waals surface area contributed by atoms with E-state index in [1.165, 1.54) is 5.57 Å². The highest BCUT2D eigenvalue weighted by atomic mass is 16.5. The first kappa shape index (κ1) is 22.9. The third-order valence-corrected chi connectivity index (χ3v) is 9.05. The average Bonchev–Trinajstić information content (AvgIpc) is 3.00. The first-order chi connectivity index (χ1) is 15.0. The Kier molecular flexibility index (Phi) is 5.68. The zero-order valence-corrected chi connectivity index (χ0v) is 18.8. The van der Waals surface area contributed by atoms with Gasteiger partial charge in [-0.25, -0.2) is 0 Å². The van der Waals surface area contributed by atoms with E-state index in [1.807, 2.05) is 6.92 Å². The molecule has 4 aliphatic rings. The fourth-order valence-electron chi connectivity index (χ4n) is 7.25. The number of fused-ring (bicyclic) bond motifs is 5. The minimum Gasteiger partial charge on any atom is -0.481 e. The van der Waals surface area contributed by atoms with Gasteiger partial charge in [-0.15, -0.1) is 0 Å². The molecule has 0 aromatic carbocycles. The molecule has 2 N–H and O–H groups in total. The van der Waals surface area contributed by atoms with Gasteiger partial charge in [0.2, 0.25) is 0 Å². The van der Waals surface area contributed by atoms with E-state index in [0.29, 0.717) is 24.7 Å². The highest BCUT2D eigenvalue weighted by Gasteiger charge is 2.66. The van der Waals surface area contributed by atoms with E-state index >= 15 is 0 Å². The van der Waals surface area contributed by atoms with Gasteiger partial charge >= 0.3 is 11.9 Å². The molecule has 0 aromatic heterocycles. The maximum atomic E-state index is 13.1. The van der Waals surface area contributed by atoms with E-state index < -0.39 is 35.2 Å². The predicted molar refractivity (Wildman–Crippen MR) is 114 cm³/mol. The van der Waals surface area contributed by atoms with Gasteiger partial charge in [0.15, 0.2) is 11.6 Å². The van der Waals surface area contributed by atoms with Crippen LogP contribution in [0.25, 0.3) is 0 Å². The van der Waals surface area contributed by atoms with Crippen LogP contribution in [0.1, 0.15) is 65.2 Å². The maximum Gasteiger partial charge on any atom is 0.313 e. The van der Waals surface area contributed by atoms with Crippen LogP contribution in [0.15, 0.2) is 23.8 Å². The molecule has 4 rings (SSSR count). The molecule has 0 heterocycles. The highest BCUT2D eigenvalue weighted by Crippen LogP contribution is 2.67. The third-order valence-electron chi connectivity index (χ3n) is 9.05. The number of carboxylic acids is 1. The number of esters is 1. The van der Waals surface area contributed by atoms with Gasteiger partial charge in [0, 0.05) is 10.8 Å². The van der Waals surface area contributed by atoms with Crippen molar-refractivity contribution in [1.82, 2.24) is 0 Å². The molecule has 3 fully saturated rings. The smallest absolute Gasteiger partial charge is 0.313 e. The lowest BCUT2D eigenvalue weighted by molar-refractivity contribution is -0.165. The molecule has 0 spiro atoms. The summed E-state index contributed by atoms with van der Waals surface area (Å²) in [6, 6.07) is 0. The first-order valence-corrected chi connectivity index (χ1v) is 11.6. The standard InChI is InChI=1S/C25H32O7/c1-23-9-5-16(26)13-15(23)3-4-17-18(23)6-10-24(2)19(17)7-11-25(24,31)20(27)14-22(30)32-12-8-21(28)29/h5,9,13,17-19,31H,3-4,6-8,10-12,14H2,1-2H3,(H,28,29). The minimum absolute atomic E-state index is 0.0488. The zero-order chi connectivity index (χ0) is 23.3. The molecule has 3 saturated carbocycles. The zero-order valence-electron chi connectivity index (χ0n) is 18.8. The molecule has 7 nitrogen and oxygen atoms in total. The molecule has 0 radical (unpaired) electrons. The number of ether oxygens (including phenoxy) is 1. The van der Waals surface area contributed by atoms with Gasteiger partial charge in [-0.3, -0.25) is 19.2 Å². The summed E-state index contributed by atoms with van der Waals surface area (Å²) < 4.78 is 4.87. The lowest BCUT2D eigenvalue weighted by atomic mass is 9.47. The predicted octanol–water partition coefficient (Wildman–Crippen LogP) is 3.00. The Hall–Kier alpha value is -2.28. The number of Topliss-reactive ketones (excluding diaryl/α,β-unsaturated/α-hetero) is 1. The summed E-state index contributed by atoms with van der Waals surface area (Å²) in [6.07, 6.45) is 9.03. The van der Waals surface area contributed by atoms with Crippen LogP contribution in [0.3, 0.4) is 0 Å². The molecule has 32 heavy (non-hydrogen) atoms. The number of rotatable bonds is 6. The normalized spacial score (nSPS) is 40.0. The Morgan fingerprint density at radius 2 is 1.84 bits per heavy atom. The third kappa shape index (κ3) is 3.45. The quantitative estimate of drug-likeness (QED) is 0.478. The Morgan fingerprint density at radius 1 is 1.12 bits per heavy atom. The molecule has 4 aliphatic carbocycles. The van der Waals surface area contributed by atoms with Crippen molar-refractivity contribution in [3.05, 3.63) is 23.8 Å². The van der Waals surface area contributed by atoms with E-state index in [2.05, 4.69) is 13.0 Å². The molecule has 6 atom stereocenters. The molecule has 0 saturated heterocycles. The van der Waals surface area contributed by atoms with Crippen LogP contribution in [0, 0.1) is 28.6 Å². The maximum absolute atomic E-state index is 13.1. The molecule has 0 aliphatic heterocycles. The first-order valence-electron chi connectivity index (χ1n) is 11.6. The monoisotopic (exact) mass is 444 g/mol. The Labute approximate surface area is 187 Å². The average molecular weight is 445 g/mol. The van der Waals surface area contributed by atoms with E-state index in [-0.39, 0.29) is 30.1 Å². The summed E-state index contributed by atoms with van der Waals surface area (Å²) in [7, 11) is 0. The van der Waals surface area contributed by atoms with Crippen LogP contribution in [0.4, 0.5) is 0 Å². The Balaban J connectivity index is 1.50. The number of hydrogen-bond acceptors (Lipinski definition) is 6. The van der Waals surface area contributed by atoms with Crippen molar-refractivity contribution in [2.24, 2.45) is 28.6 Å². The van der Waals surface area contributed by atoms with E-state index in [9.17, 15) is 24.3 Å². The molecule has 7 heteroatoms. The SMILES string of the molecule is CC12C=CC(=O)C=C1CCC1C2CCC2(C)C1CCC2(O)C(=O)CC(=O)OCCC(=O)O. The number of aliphatic hydroxyl groups is 1. The van der Waals surface area contributed by atoms with E-state index in [4.69, 9.17) is 9.84 Å². The van der Waals surface area contributed by atoms with Crippen molar-refractivity contribution < 1.29 is 34.1 Å². The molecular formula is C25H32O7. The molecule has 174 valence electrons. The second-order valence-corrected chi connectivity index (χ2v) is 10.4. The molecule has 0 amide bonds. The van der Waals surface area contributed by atoms with E-state index in [0.717, 1.165) is 25.7 Å². The van der Waals surface area contributed by atoms with Gasteiger partial charge < -0.3 is 14.9 Å². The van der Waals surface area contributed by atoms with Gasteiger partial charge in [0.1, 0.15) is 18.6 Å². The summed E-state index contributed by atoms with van der Waals surface area (Å²) in [6.45, 7) is 3.91. The van der Waals surface area contributed by atoms with E-state index in [1.54, 1.807) is 12.2 Å². The summed E-state index contributed by atoms with van der Waals surface area (Å²) >= 11 is 0. The number of allylic oxidation sites excluding steroid dienone is 4. The lowest BCUT2D eigenvalue weighted by Gasteiger charge is -2.57. The number of aliphatic carboxylic acids is 1. The van der Waals surface area contributed by atoms with Crippen molar-refractivity contribution in [1.29, 1.82) is 0 Å². The summed E-state index contributed by atoms with van der Waals surface area (Å²) in [5, 5.41) is 20.2. The van der Waals surface area contributed by atoms with Gasteiger partial charge in [-0.1, -0.05) is 25.5 Å². The largest absolute Gasteiger partial charge is 0.481 e. The number of carbonyl (C=O) groups is 4. The minimum atomic E-state index is -1.58. The fourth-order valence-corrected chi connectivity index (χ4v) is 7.25. The van der Waals surface area contributed by atoms with Crippen LogP contribution in [0.2, 0.25) is 0 Å². The number of carbonyl (C=O) groups excluding carboxylic acids is 3. The summed E-state index contributed by atoms with van der Waals surface area (Å²) in [5.41, 5.74) is -1.15. The number of hydrogen-bond donors (Lipinski definition) is 2. The van der Waals surface area contributed by atoms with Crippen LogP contribution in [0.5, 0.6) is 0 Å². The second-order valence-electron chi connectivity index (χ2n) is 10.4.